The normalized spacial score (nSPS) is 27.8. The molecular formula is C27H36ClN5O2. The first-order valence-corrected chi connectivity index (χ1v) is 13.2. The number of aromatic nitrogens is 2. The zero-order chi connectivity index (χ0) is 24.8. The number of hydrogen-bond acceptors (Lipinski definition) is 6. The number of aliphatic hydroxyl groups is 1. The Bertz CT molecular complexity index is 1090. The number of fused-ring (bicyclic) bond motifs is 1. The third-order valence-corrected chi connectivity index (χ3v) is 8.51. The molecular weight excluding hydrogens is 462 g/mol. The number of benzene rings is 1. The van der Waals surface area contributed by atoms with Gasteiger partial charge >= 0.3 is 0 Å². The number of halogens is 1. The molecule has 8 heteroatoms. The van der Waals surface area contributed by atoms with Crippen LogP contribution in [0.15, 0.2) is 30.6 Å². The third-order valence-electron chi connectivity index (χ3n) is 8.26. The van der Waals surface area contributed by atoms with E-state index in [0.29, 0.717) is 31.1 Å². The largest absolute Gasteiger partial charge is 0.396 e. The predicted molar refractivity (Wildman–Crippen MR) is 138 cm³/mol. The number of amides is 1. The summed E-state index contributed by atoms with van der Waals surface area (Å²) >= 11 is 6.30. The maximum Gasteiger partial charge on any atom is 0.223 e. The lowest BCUT2D eigenvalue weighted by Gasteiger charge is -2.55. The second-order valence-electron chi connectivity index (χ2n) is 10.8. The van der Waals surface area contributed by atoms with Gasteiger partial charge in [0.15, 0.2) is 0 Å². The molecule has 0 bridgehead atoms. The Morgan fingerprint density at radius 2 is 1.97 bits per heavy atom. The first-order valence-electron chi connectivity index (χ1n) is 12.8. The Morgan fingerprint density at radius 1 is 1.20 bits per heavy atom. The van der Waals surface area contributed by atoms with Gasteiger partial charge in [-0.2, -0.15) is 0 Å². The number of carbonyl (C=O) groups excluding carboxylic acids is 1. The van der Waals surface area contributed by atoms with Crippen LogP contribution in [0.1, 0.15) is 69.2 Å². The SMILES string of the molecule is CCC(=O)N1CCN(c2ncnc3c2[C@H](CO)CC3)C[C@@]1(c1ccc(Cl)cc1)[C@@H]1CCC(C)(C)N1. The Labute approximate surface area is 212 Å². The highest BCUT2D eigenvalue weighted by molar-refractivity contribution is 6.30. The van der Waals surface area contributed by atoms with Crippen molar-refractivity contribution >= 4 is 23.3 Å². The number of piperazine rings is 1. The fraction of sp³-hybridized carbons (Fsp3) is 0.593. The number of nitrogens with zero attached hydrogens (tertiary/aromatic N) is 4. The fourth-order valence-corrected chi connectivity index (χ4v) is 6.61. The molecule has 3 aliphatic rings. The summed E-state index contributed by atoms with van der Waals surface area (Å²) in [6, 6.07) is 8.10. The van der Waals surface area contributed by atoms with Gasteiger partial charge < -0.3 is 20.2 Å². The molecule has 0 unspecified atom stereocenters. The minimum Gasteiger partial charge on any atom is -0.396 e. The summed E-state index contributed by atoms with van der Waals surface area (Å²) in [4.78, 5) is 27.2. The quantitative estimate of drug-likeness (QED) is 0.656. The molecule has 1 aromatic carbocycles. The van der Waals surface area contributed by atoms with Crippen LogP contribution in [-0.2, 0) is 16.8 Å². The molecule has 1 aliphatic carbocycles. The molecule has 3 heterocycles. The van der Waals surface area contributed by atoms with E-state index in [-0.39, 0.29) is 30.0 Å². The van der Waals surface area contributed by atoms with Crippen LogP contribution in [0.25, 0.3) is 0 Å². The second kappa shape index (κ2) is 9.34. The second-order valence-corrected chi connectivity index (χ2v) is 11.3. The minimum absolute atomic E-state index is 0.00848. The first-order chi connectivity index (χ1) is 16.8. The van der Waals surface area contributed by atoms with Crippen molar-refractivity contribution in [3.63, 3.8) is 0 Å². The monoisotopic (exact) mass is 497 g/mol. The molecule has 0 spiro atoms. The van der Waals surface area contributed by atoms with E-state index in [1.807, 2.05) is 19.1 Å². The van der Waals surface area contributed by atoms with Crippen molar-refractivity contribution in [2.75, 3.05) is 31.1 Å². The van der Waals surface area contributed by atoms with Crippen LogP contribution in [0, 0.1) is 0 Å². The molecule has 1 aromatic heterocycles. The Balaban J connectivity index is 1.65. The van der Waals surface area contributed by atoms with Crippen LogP contribution in [0.4, 0.5) is 5.82 Å². The van der Waals surface area contributed by atoms with Gasteiger partial charge in [-0.1, -0.05) is 30.7 Å². The smallest absolute Gasteiger partial charge is 0.223 e. The number of rotatable bonds is 5. The number of nitrogens with one attached hydrogen (secondary N) is 1. The van der Waals surface area contributed by atoms with E-state index in [9.17, 15) is 9.90 Å². The van der Waals surface area contributed by atoms with Crippen molar-refractivity contribution < 1.29 is 9.90 Å². The van der Waals surface area contributed by atoms with Gasteiger partial charge in [0.25, 0.3) is 0 Å². The summed E-state index contributed by atoms with van der Waals surface area (Å²) < 4.78 is 0. The highest BCUT2D eigenvalue weighted by Crippen LogP contribution is 2.45. The molecule has 1 amide bonds. The van der Waals surface area contributed by atoms with Crippen molar-refractivity contribution in [2.24, 2.45) is 0 Å². The molecule has 2 N–H and O–H groups in total. The summed E-state index contributed by atoms with van der Waals surface area (Å²) in [5.74, 6) is 1.13. The molecule has 35 heavy (non-hydrogen) atoms. The topological polar surface area (TPSA) is 81.6 Å². The number of aliphatic hydroxyl groups excluding tert-OH is 1. The van der Waals surface area contributed by atoms with E-state index >= 15 is 0 Å². The Morgan fingerprint density at radius 3 is 2.63 bits per heavy atom. The van der Waals surface area contributed by atoms with Crippen LogP contribution in [0.3, 0.4) is 0 Å². The lowest BCUT2D eigenvalue weighted by molar-refractivity contribution is -0.140. The third kappa shape index (κ3) is 4.21. The average Bonchev–Trinajstić information content (AvgIpc) is 3.46. The molecule has 5 rings (SSSR count). The van der Waals surface area contributed by atoms with Crippen LogP contribution >= 0.6 is 11.6 Å². The van der Waals surface area contributed by atoms with Crippen molar-refractivity contribution in [1.82, 2.24) is 20.2 Å². The van der Waals surface area contributed by atoms with Gasteiger partial charge in [0, 0.05) is 59.8 Å². The number of carbonyl (C=O) groups is 1. The van der Waals surface area contributed by atoms with Gasteiger partial charge in [0.2, 0.25) is 5.91 Å². The average molecular weight is 498 g/mol. The first kappa shape index (κ1) is 24.5. The summed E-state index contributed by atoms with van der Waals surface area (Å²) in [6.07, 6.45) is 5.88. The van der Waals surface area contributed by atoms with Gasteiger partial charge in [-0.25, -0.2) is 9.97 Å². The van der Waals surface area contributed by atoms with Gasteiger partial charge in [-0.3, -0.25) is 4.79 Å². The van der Waals surface area contributed by atoms with Gasteiger partial charge in [0.05, 0.1) is 6.61 Å². The number of anilines is 1. The zero-order valence-electron chi connectivity index (χ0n) is 20.9. The van der Waals surface area contributed by atoms with Crippen LogP contribution in [-0.4, -0.2) is 63.7 Å². The van der Waals surface area contributed by atoms with Crippen molar-refractivity contribution in [2.45, 2.75) is 75.9 Å². The van der Waals surface area contributed by atoms with Gasteiger partial charge in [0.1, 0.15) is 17.7 Å². The maximum atomic E-state index is 13.5. The van der Waals surface area contributed by atoms with E-state index in [1.165, 1.54) is 0 Å². The molecule has 7 nitrogen and oxygen atoms in total. The molecule has 0 saturated carbocycles. The Hall–Kier alpha value is -2.22. The van der Waals surface area contributed by atoms with Gasteiger partial charge in [-0.15, -0.1) is 0 Å². The lowest BCUT2D eigenvalue weighted by Crippen LogP contribution is -2.69. The summed E-state index contributed by atoms with van der Waals surface area (Å²) in [5, 5.41) is 14.6. The van der Waals surface area contributed by atoms with E-state index in [2.05, 4.69) is 46.1 Å². The molecule has 2 saturated heterocycles. The Kier molecular flexibility index (Phi) is 6.53. The molecule has 0 radical (unpaired) electrons. The minimum atomic E-state index is -0.575. The van der Waals surface area contributed by atoms with Gasteiger partial charge in [-0.05, 0) is 57.2 Å². The fourth-order valence-electron chi connectivity index (χ4n) is 6.49. The maximum absolute atomic E-state index is 13.5. The number of aryl methyl sites for hydroxylation is 1. The predicted octanol–water partition coefficient (Wildman–Crippen LogP) is 3.64. The highest BCUT2D eigenvalue weighted by Gasteiger charge is 2.54. The molecule has 2 aliphatic heterocycles. The lowest BCUT2D eigenvalue weighted by atomic mass is 9.77. The van der Waals surface area contributed by atoms with E-state index in [1.54, 1.807) is 6.33 Å². The summed E-state index contributed by atoms with van der Waals surface area (Å²) in [7, 11) is 0. The van der Waals surface area contributed by atoms with E-state index < -0.39 is 5.54 Å². The standard InChI is InChI=1S/C27H36ClN5O2/c1-4-23(35)33-14-13-32(25-24-18(15-34)5-10-21(24)29-17-30-25)16-27(33,19-6-8-20(28)9-7-19)22-11-12-26(2,3)31-22/h6-9,17-18,22,31,34H,4-5,10-16H2,1-3H3/t18-,22-,27+/m0/s1. The van der Waals surface area contributed by atoms with Crippen LogP contribution in [0.5, 0.6) is 0 Å². The zero-order valence-corrected chi connectivity index (χ0v) is 21.7. The highest BCUT2D eigenvalue weighted by atomic mass is 35.5. The van der Waals surface area contributed by atoms with E-state index in [4.69, 9.17) is 16.6 Å². The summed E-state index contributed by atoms with van der Waals surface area (Å²) in [5.41, 5.74) is 2.63. The molecule has 188 valence electrons. The van der Waals surface area contributed by atoms with Crippen molar-refractivity contribution in [1.29, 1.82) is 0 Å². The van der Waals surface area contributed by atoms with Crippen molar-refractivity contribution in [3.05, 3.63) is 52.4 Å². The molecule has 2 aromatic rings. The summed E-state index contributed by atoms with van der Waals surface area (Å²) in [6.45, 7) is 8.43. The van der Waals surface area contributed by atoms with Crippen LogP contribution in [0.2, 0.25) is 5.02 Å². The van der Waals surface area contributed by atoms with Crippen molar-refractivity contribution in [3.8, 4) is 0 Å². The molecule has 3 atom stereocenters. The number of hydrogen-bond donors (Lipinski definition) is 2. The van der Waals surface area contributed by atoms with Crippen LogP contribution < -0.4 is 10.2 Å². The molecule has 2 fully saturated rings. The van der Waals surface area contributed by atoms with E-state index in [0.717, 1.165) is 48.3 Å².